The number of benzene rings is 7. The molecule has 0 unspecified atom stereocenters. The summed E-state index contributed by atoms with van der Waals surface area (Å²) >= 11 is 4.32. The van der Waals surface area contributed by atoms with Gasteiger partial charge in [-0.25, -0.2) is 4.98 Å². The molecule has 0 aliphatic carbocycles. The number of aromatic nitrogens is 4. The first-order valence-corrected chi connectivity index (χ1v) is 18.8. The second-order valence-electron chi connectivity index (χ2n) is 12.4. The Kier molecular flexibility index (Phi) is 4.30. The Hall–Kier alpha value is -5.99. The highest BCUT2D eigenvalue weighted by atomic mass is 32.1. The van der Waals surface area contributed by atoms with Gasteiger partial charge in [0, 0.05) is 82.4 Å². The van der Waals surface area contributed by atoms with Gasteiger partial charge in [0.1, 0.15) is 0 Å². The van der Waals surface area contributed by atoms with Crippen molar-refractivity contribution in [3.8, 4) is 28.7 Å². The SMILES string of the molecule is [2H]c1c([2H])c([2H])c2c(sc3c2c([2H])c([2H])c2c3c3c([2H])c([2H])c([2H])c([2H])c3n2-c2nc(-c3ccc4sc5ccccc5c4c3)nc(-c3cccc4sc5ccccc5c34)n2)c1[2H]. The highest BCUT2D eigenvalue weighted by Crippen LogP contribution is 2.44. The lowest BCUT2D eigenvalue weighted by molar-refractivity contribution is 0.955. The lowest BCUT2D eigenvalue weighted by atomic mass is 10.1. The molecule has 12 rings (SSSR count). The number of para-hydroxylation sites is 1. The summed E-state index contributed by atoms with van der Waals surface area (Å²) in [6, 6.07) is 24.0. The minimum absolute atomic E-state index is 0.0232. The van der Waals surface area contributed by atoms with Gasteiger partial charge in [0.05, 0.1) is 24.7 Å². The van der Waals surface area contributed by atoms with Crippen LogP contribution in [0.4, 0.5) is 0 Å². The zero-order chi connectivity index (χ0) is 42.6. The number of rotatable bonds is 3. The fourth-order valence-electron chi connectivity index (χ4n) is 7.31. The van der Waals surface area contributed by atoms with Crippen LogP contribution in [0.3, 0.4) is 0 Å². The van der Waals surface area contributed by atoms with Crippen molar-refractivity contribution in [2.24, 2.45) is 0 Å². The smallest absolute Gasteiger partial charge is 0.238 e. The molecule has 0 aliphatic heterocycles. The van der Waals surface area contributed by atoms with Gasteiger partial charge >= 0.3 is 0 Å². The molecule has 0 bridgehead atoms. The molecule has 7 heteroatoms. The van der Waals surface area contributed by atoms with Gasteiger partial charge in [-0.15, -0.1) is 34.0 Å². The number of thiophene rings is 3. The van der Waals surface area contributed by atoms with E-state index >= 15 is 0 Å². The number of hydrogen-bond acceptors (Lipinski definition) is 6. The predicted molar refractivity (Wildman–Crippen MR) is 224 cm³/mol. The second-order valence-corrected chi connectivity index (χ2v) is 15.6. The van der Waals surface area contributed by atoms with E-state index in [2.05, 4.69) is 24.3 Å². The summed E-state index contributed by atoms with van der Waals surface area (Å²) in [5, 5.41) is 4.46. The van der Waals surface area contributed by atoms with Crippen LogP contribution in [0, 0.1) is 0 Å². The Morgan fingerprint density at radius 2 is 1.19 bits per heavy atom. The molecule has 0 saturated carbocycles. The summed E-state index contributed by atoms with van der Waals surface area (Å²) in [7, 11) is 0. The Morgan fingerprint density at radius 3 is 2.12 bits per heavy atom. The first-order valence-electron chi connectivity index (χ1n) is 21.4. The van der Waals surface area contributed by atoms with Crippen molar-refractivity contribution in [1.29, 1.82) is 0 Å². The third-order valence-electron chi connectivity index (χ3n) is 9.57. The Balaban J connectivity index is 1.27. The minimum atomic E-state index is -0.518. The van der Waals surface area contributed by atoms with E-state index in [0.29, 0.717) is 11.1 Å². The van der Waals surface area contributed by atoms with Gasteiger partial charge in [0.2, 0.25) is 5.95 Å². The van der Waals surface area contributed by atoms with Crippen LogP contribution in [0.1, 0.15) is 13.7 Å². The molecule has 0 atom stereocenters. The summed E-state index contributed by atoms with van der Waals surface area (Å²) in [4.78, 5) is 15.3. The van der Waals surface area contributed by atoms with Crippen LogP contribution in [0.25, 0.3) is 111 Å². The van der Waals surface area contributed by atoms with Gasteiger partial charge < -0.3 is 0 Å². The summed E-state index contributed by atoms with van der Waals surface area (Å²) in [6.45, 7) is 0. The van der Waals surface area contributed by atoms with Crippen LogP contribution in [-0.4, -0.2) is 19.5 Å². The molecule has 0 saturated heterocycles. The molecule has 0 radical (unpaired) electrons. The molecule has 0 fully saturated rings. The van der Waals surface area contributed by atoms with Crippen LogP contribution in [0.2, 0.25) is 0 Å². The summed E-state index contributed by atoms with van der Waals surface area (Å²) < 4.78 is 96.1. The zero-order valence-electron chi connectivity index (χ0n) is 36.6. The number of nitrogens with zero attached hydrogens (tertiary/aromatic N) is 4. The number of fused-ring (bicyclic) bond motifs is 13. The van der Waals surface area contributed by atoms with Crippen molar-refractivity contribution in [3.05, 3.63) is 145 Å². The third kappa shape index (κ3) is 4.04. The summed E-state index contributed by atoms with van der Waals surface area (Å²) in [5.74, 6) is 0.521. The van der Waals surface area contributed by atoms with Crippen LogP contribution in [-0.2, 0) is 0 Å². The topological polar surface area (TPSA) is 43.6 Å². The van der Waals surface area contributed by atoms with Gasteiger partial charge in [-0.05, 0) is 54.5 Å². The van der Waals surface area contributed by atoms with Crippen molar-refractivity contribution >= 4 is 116 Å². The van der Waals surface area contributed by atoms with Gasteiger partial charge in [-0.1, -0.05) is 90.8 Å². The lowest BCUT2D eigenvalue weighted by Crippen LogP contribution is -2.06. The Morgan fingerprint density at radius 1 is 0.462 bits per heavy atom. The van der Waals surface area contributed by atoms with E-state index in [-0.39, 0.29) is 89.8 Å². The average molecular weight is 727 g/mol. The maximum absolute atomic E-state index is 9.66. The monoisotopic (exact) mass is 726 g/mol. The van der Waals surface area contributed by atoms with E-state index < -0.39 is 30.2 Å². The first-order chi connectivity index (χ1) is 29.9. The Bertz CT molecular complexity index is 4020. The summed E-state index contributed by atoms with van der Waals surface area (Å²) in [6.07, 6.45) is 0. The predicted octanol–water partition coefficient (Wildman–Crippen LogP) is 13.4. The highest BCUT2D eigenvalue weighted by molar-refractivity contribution is 7.27. The normalized spacial score (nSPS) is 14.9. The first kappa shape index (κ1) is 20.8. The van der Waals surface area contributed by atoms with Crippen LogP contribution >= 0.6 is 34.0 Å². The van der Waals surface area contributed by atoms with Crippen LogP contribution in [0.5, 0.6) is 0 Å². The second kappa shape index (κ2) is 10.8. The molecule has 5 aromatic heterocycles. The summed E-state index contributed by atoms with van der Waals surface area (Å²) in [5.41, 5.74) is 1.38. The van der Waals surface area contributed by atoms with Crippen molar-refractivity contribution in [1.82, 2.24) is 19.5 Å². The van der Waals surface area contributed by atoms with Crippen molar-refractivity contribution in [2.45, 2.75) is 0 Å². The molecule has 5 heterocycles. The van der Waals surface area contributed by atoms with Crippen molar-refractivity contribution in [3.63, 3.8) is 0 Å². The van der Waals surface area contributed by atoms with Crippen LogP contribution in [0.15, 0.2) is 145 Å². The van der Waals surface area contributed by atoms with E-state index in [1.54, 1.807) is 22.7 Å². The van der Waals surface area contributed by atoms with Gasteiger partial charge in [0.25, 0.3) is 0 Å². The minimum Gasteiger partial charge on any atom is -0.278 e. The maximum Gasteiger partial charge on any atom is 0.238 e. The molecule has 7 aromatic carbocycles. The fraction of sp³-hybridized carbons (Fsp3) is 0. The van der Waals surface area contributed by atoms with Crippen molar-refractivity contribution in [2.75, 3.05) is 0 Å². The molecule has 242 valence electrons. The van der Waals surface area contributed by atoms with E-state index in [0.717, 1.165) is 51.7 Å². The molecule has 0 amide bonds. The molecule has 4 nitrogen and oxygen atoms in total. The van der Waals surface area contributed by atoms with Crippen LogP contribution < -0.4 is 0 Å². The Labute approximate surface area is 322 Å². The molecule has 0 aliphatic rings. The van der Waals surface area contributed by atoms with Gasteiger partial charge in [0.15, 0.2) is 11.6 Å². The largest absolute Gasteiger partial charge is 0.278 e. The van der Waals surface area contributed by atoms with E-state index in [9.17, 15) is 5.48 Å². The maximum atomic E-state index is 9.66. The third-order valence-corrected chi connectivity index (χ3v) is 13.0. The lowest BCUT2D eigenvalue weighted by Gasteiger charge is -2.12. The zero-order valence-corrected chi connectivity index (χ0v) is 29.0. The quantitative estimate of drug-likeness (QED) is 0.182. The average Bonchev–Trinajstić information content (AvgIpc) is 4.07. The molecular formula is C45H24N4S3. The van der Waals surface area contributed by atoms with Gasteiger partial charge in [-0.3, -0.25) is 4.57 Å². The molecule has 12 aromatic rings. The number of hydrogen-bond donors (Lipinski definition) is 0. The van der Waals surface area contributed by atoms with E-state index in [1.807, 2.05) is 60.7 Å². The molecule has 0 N–H and O–H groups in total. The van der Waals surface area contributed by atoms with Crippen molar-refractivity contribution < 1.29 is 13.7 Å². The van der Waals surface area contributed by atoms with Gasteiger partial charge in [-0.2, -0.15) is 9.97 Å². The van der Waals surface area contributed by atoms with E-state index in [1.165, 1.54) is 4.57 Å². The highest BCUT2D eigenvalue weighted by Gasteiger charge is 2.22. The fourth-order valence-corrected chi connectivity index (χ4v) is 10.6. The molecule has 52 heavy (non-hydrogen) atoms. The standard InChI is InChI=1S/C45H24N4S3/c1-5-15-33-29(12-1)41-34(22-21-28-26-10-2-7-17-36(26)52-42(28)41)49(33)45-47-43(25-20-23-38-32(24-25)27-11-3-6-16-35(27)50-38)46-44(48-45)31-14-9-19-39-40(31)30-13-4-8-18-37(30)51-39/h1-24H/i1D,2D,5D,7D,10D,12D,15D,17D,21D,22D. The molecular weight excluding hydrogens is 693 g/mol. The van der Waals surface area contributed by atoms with E-state index in [4.69, 9.17) is 23.2 Å². The molecule has 0 spiro atoms.